The molecule has 0 saturated carbocycles. The van der Waals surface area contributed by atoms with Crippen LogP contribution in [0.4, 0.5) is 13.2 Å². The first-order valence-corrected chi connectivity index (χ1v) is 7.27. The second-order valence-corrected chi connectivity index (χ2v) is 6.91. The first-order valence-electron chi connectivity index (χ1n) is 5.72. The van der Waals surface area contributed by atoms with E-state index in [9.17, 15) is 26.4 Å². The van der Waals surface area contributed by atoms with E-state index >= 15 is 0 Å². The van der Waals surface area contributed by atoms with E-state index in [-0.39, 0.29) is 0 Å². The number of aromatic nitrogens is 1. The van der Waals surface area contributed by atoms with Gasteiger partial charge in [-0.3, -0.25) is 0 Å². The van der Waals surface area contributed by atoms with E-state index in [4.69, 9.17) is 9.88 Å². The fourth-order valence-electron chi connectivity index (χ4n) is 1.46. The van der Waals surface area contributed by atoms with Crippen molar-refractivity contribution in [3.8, 4) is 0 Å². The maximum atomic E-state index is 12.5. The molecule has 6 nitrogen and oxygen atoms in total. The number of rotatable bonds is 3. The number of nitrogens with zero attached hydrogens (tertiary/aromatic N) is 1. The van der Waals surface area contributed by atoms with E-state index in [1.165, 1.54) is 20.8 Å². The first kappa shape index (κ1) is 17.5. The molecule has 120 valence electrons. The second-order valence-electron chi connectivity index (χ2n) is 5.35. The summed E-state index contributed by atoms with van der Waals surface area (Å²) in [6.07, 6.45) is -3.98. The minimum Gasteiger partial charge on any atom is -0.455 e. The zero-order valence-corrected chi connectivity index (χ0v) is 12.4. The number of esters is 1. The average molecular weight is 328 g/mol. The van der Waals surface area contributed by atoms with Gasteiger partial charge >= 0.3 is 12.1 Å². The number of halogens is 3. The number of sulfonamides is 1. The van der Waals surface area contributed by atoms with Crippen LogP contribution in [-0.2, 0) is 21.3 Å². The second kappa shape index (κ2) is 5.34. The molecule has 21 heavy (non-hydrogen) atoms. The molecule has 1 rings (SSSR count). The van der Waals surface area contributed by atoms with Crippen molar-refractivity contribution in [2.75, 3.05) is 0 Å². The number of carbonyl (C=O) groups excluding carboxylic acids is 1. The number of ether oxygens (including phenoxy) is 1. The molecule has 0 atom stereocenters. The van der Waals surface area contributed by atoms with Crippen LogP contribution in [0, 0.1) is 0 Å². The lowest BCUT2D eigenvalue weighted by molar-refractivity contribution is -0.140. The van der Waals surface area contributed by atoms with Gasteiger partial charge in [0.2, 0.25) is 10.0 Å². The molecule has 0 amide bonds. The van der Waals surface area contributed by atoms with Crippen molar-refractivity contribution in [2.24, 2.45) is 5.14 Å². The number of alkyl halides is 3. The van der Waals surface area contributed by atoms with Crippen molar-refractivity contribution < 1.29 is 31.1 Å². The average Bonchev–Trinajstić information content (AvgIpc) is 2.55. The molecule has 1 heterocycles. The quantitative estimate of drug-likeness (QED) is 0.854. The SMILES string of the molecule is CC(C)(C)OC(=O)c1cc(S(N)(=O)=O)cn1CC(F)(F)F. The molecule has 0 unspecified atom stereocenters. The molecule has 10 heteroatoms. The van der Waals surface area contributed by atoms with Crippen molar-refractivity contribution in [3.63, 3.8) is 0 Å². The summed E-state index contributed by atoms with van der Waals surface area (Å²) >= 11 is 0. The lowest BCUT2D eigenvalue weighted by Gasteiger charge is -2.20. The highest BCUT2D eigenvalue weighted by Gasteiger charge is 2.32. The molecule has 0 saturated heterocycles. The third kappa shape index (κ3) is 5.38. The normalized spacial score (nSPS) is 13.3. The highest BCUT2D eigenvalue weighted by atomic mass is 32.2. The molecule has 0 aliphatic rings. The summed E-state index contributed by atoms with van der Waals surface area (Å²) in [4.78, 5) is 11.3. The lowest BCUT2D eigenvalue weighted by atomic mass is 10.2. The Labute approximate surface area is 119 Å². The van der Waals surface area contributed by atoms with Crippen LogP contribution in [0.3, 0.4) is 0 Å². The Hall–Kier alpha value is -1.55. The predicted molar refractivity (Wildman–Crippen MR) is 67.0 cm³/mol. The predicted octanol–water partition coefficient (Wildman–Crippen LogP) is 1.65. The highest BCUT2D eigenvalue weighted by molar-refractivity contribution is 7.89. The van der Waals surface area contributed by atoms with Crippen molar-refractivity contribution >= 4 is 16.0 Å². The smallest absolute Gasteiger partial charge is 0.406 e. The van der Waals surface area contributed by atoms with Crippen LogP contribution in [0.2, 0.25) is 0 Å². The van der Waals surface area contributed by atoms with Crippen LogP contribution >= 0.6 is 0 Å². The molecule has 0 spiro atoms. The van der Waals surface area contributed by atoms with Gasteiger partial charge in [0.25, 0.3) is 0 Å². The summed E-state index contributed by atoms with van der Waals surface area (Å²) in [7, 11) is -4.23. The maximum Gasteiger partial charge on any atom is 0.406 e. The Bertz CT molecular complexity index is 641. The summed E-state index contributed by atoms with van der Waals surface area (Å²) in [5.74, 6) is -1.07. The molecule has 2 N–H and O–H groups in total. The minimum absolute atomic E-state index is 0.452. The van der Waals surface area contributed by atoms with Gasteiger partial charge in [-0.1, -0.05) is 0 Å². The number of nitrogens with two attached hydrogens (primary N) is 1. The zero-order valence-electron chi connectivity index (χ0n) is 11.6. The lowest BCUT2D eigenvalue weighted by Crippen LogP contribution is -2.27. The van der Waals surface area contributed by atoms with Crippen LogP contribution in [0.15, 0.2) is 17.2 Å². The molecular formula is C11H15F3N2O4S. The molecule has 1 aromatic rings. The van der Waals surface area contributed by atoms with Crippen LogP contribution in [0.5, 0.6) is 0 Å². The molecule has 0 aliphatic heterocycles. The monoisotopic (exact) mass is 328 g/mol. The van der Waals surface area contributed by atoms with E-state index < -0.39 is 44.9 Å². The van der Waals surface area contributed by atoms with Gasteiger partial charge in [-0.15, -0.1) is 0 Å². The van der Waals surface area contributed by atoms with Gasteiger partial charge in [-0.05, 0) is 26.8 Å². The molecule has 1 aromatic heterocycles. The first-order chi connectivity index (χ1) is 9.19. The Morgan fingerprint density at radius 2 is 1.86 bits per heavy atom. The Morgan fingerprint density at radius 3 is 2.24 bits per heavy atom. The Kier molecular flexibility index (Phi) is 4.45. The van der Waals surface area contributed by atoms with E-state index in [2.05, 4.69) is 0 Å². The Balaban J connectivity index is 3.28. The van der Waals surface area contributed by atoms with E-state index in [0.29, 0.717) is 10.8 Å². The van der Waals surface area contributed by atoms with Gasteiger partial charge in [0.1, 0.15) is 22.7 Å². The van der Waals surface area contributed by atoms with Crippen LogP contribution in [-0.4, -0.2) is 30.7 Å². The fourth-order valence-corrected chi connectivity index (χ4v) is 2.01. The molecule has 0 aliphatic carbocycles. The summed E-state index contributed by atoms with van der Waals surface area (Å²) in [5, 5.41) is 4.86. The molecule has 0 aromatic carbocycles. The summed E-state index contributed by atoms with van der Waals surface area (Å²) < 4.78 is 65.2. The molecule has 0 bridgehead atoms. The van der Waals surface area contributed by atoms with Crippen molar-refractivity contribution in [1.29, 1.82) is 0 Å². The van der Waals surface area contributed by atoms with E-state index in [1.807, 2.05) is 0 Å². The topological polar surface area (TPSA) is 91.4 Å². The summed E-state index contributed by atoms with van der Waals surface area (Å²) in [6.45, 7) is 3.06. The van der Waals surface area contributed by atoms with Crippen LogP contribution in [0.1, 0.15) is 31.3 Å². The third-order valence-electron chi connectivity index (χ3n) is 2.16. The fraction of sp³-hybridized carbons (Fsp3) is 0.545. The standard InChI is InChI=1S/C11H15F3N2O4S/c1-10(2,3)20-9(17)8-4-7(21(15,18)19)5-16(8)6-11(12,13)14/h4-5H,6H2,1-3H3,(H2,15,18,19). The molecule has 0 fully saturated rings. The molecular weight excluding hydrogens is 313 g/mol. The summed E-state index contributed by atoms with van der Waals surface area (Å²) in [6, 6.07) is 0.759. The van der Waals surface area contributed by atoms with Gasteiger partial charge in [-0.2, -0.15) is 13.2 Å². The van der Waals surface area contributed by atoms with Crippen molar-refractivity contribution in [2.45, 2.75) is 44.0 Å². The van der Waals surface area contributed by atoms with Gasteiger partial charge in [-0.25, -0.2) is 18.4 Å². The van der Waals surface area contributed by atoms with Gasteiger partial charge < -0.3 is 9.30 Å². The van der Waals surface area contributed by atoms with Crippen molar-refractivity contribution in [1.82, 2.24) is 4.57 Å². The minimum atomic E-state index is -4.63. The van der Waals surface area contributed by atoms with E-state index in [1.54, 1.807) is 0 Å². The van der Waals surface area contributed by atoms with E-state index in [0.717, 1.165) is 6.07 Å². The van der Waals surface area contributed by atoms with Crippen LogP contribution < -0.4 is 5.14 Å². The zero-order chi connectivity index (χ0) is 16.6. The largest absolute Gasteiger partial charge is 0.455 e. The van der Waals surface area contributed by atoms with Gasteiger partial charge in [0.05, 0.1) is 0 Å². The summed E-state index contributed by atoms with van der Waals surface area (Å²) in [5.41, 5.74) is -1.47. The van der Waals surface area contributed by atoms with Gasteiger partial charge in [0.15, 0.2) is 0 Å². The number of carbonyl (C=O) groups is 1. The number of primary sulfonamides is 1. The van der Waals surface area contributed by atoms with Gasteiger partial charge in [0, 0.05) is 6.20 Å². The maximum absolute atomic E-state index is 12.5. The van der Waals surface area contributed by atoms with Crippen molar-refractivity contribution in [3.05, 3.63) is 18.0 Å². The highest BCUT2D eigenvalue weighted by Crippen LogP contribution is 2.23. The third-order valence-corrected chi connectivity index (χ3v) is 3.04. The van der Waals surface area contributed by atoms with Crippen LogP contribution in [0.25, 0.3) is 0 Å². The Morgan fingerprint density at radius 1 is 1.33 bits per heavy atom. The number of hydrogen-bond donors (Lipinski definition) is 1. The number of hydrogen-bond acceptors (Lipinski definition) is 4. The molecule has 0 radical (unpaired) electrons.